The standard InChI is InChI=1S/C11H16N2O3S/c1-7-8(3-4-16-7)5-12-11-13-9(6-17-11)10(14)15-2/h6-8H,3-5H2,1-2H3,(H,12,13). The molecule has 0 aromatic carbocycles. The molecule has 2 unspecified atom stereocenters. The molecule has 2 heterocycles. The molecular formula is C11H16N2O3S. The van der Waals surface area contributed by atoms with Gasteiger partial charge in [0.2, 0.25) is 0 Å². The molecule has 0 bridgehead atoms. The van der Waals surface area contributed by atoms with Crippen molar-refractivity contribution < 1.29 is 14.3 Å². The van der Waals surface area contributed by atoms with E-state index < -0.39 is 5.97 Å². The van der Waals surface area contributed by atoms with Gasteiger partial charge in [-0.3, -0.25) is 0 Å². The number of esters is 1. The highest BCUT2D eigenvalue weighted by Crippen LogP contribution is 2.22. The van der Waals surface area contributed by atoms with Gasteiger partial charge in [-0.15, -0.1) is 11.3 Å². The summed E-state index contributed by atoms with van der Waals surface area (Å²) >= 11 is 1.41. The lowest BCUT2D eigenvalue weighted by molar-refractivity contribution is 0.0595. The van der Waals surface area contributed by atoms with Crippen LogP contribution >= 0.6 is 11.3 Å². The van der Waals surface area contributed by atoms with Gasteiger partial charge < -0.3 is 14.8 Å². The van der Waals surface area contributed by atoms with Crippen molar-refractivity contribution in [3.8, 4) is 0 Å². The van der Waals surface area contributed by atoms with E-state index in [0.717, 1.165) is 24.7 Å². The Morgan fingerprint density at radius 1 is 1.76 bits per heavy atom. The Bertz CT molecular complexity index is 394. The van der Waals surface area contributed by atoms with Crippen molar-refractivity contribution >= 4 is 22.4 Å². The number of methoxy groups -OCH3 is 1. The molecule has 1 aromatic rings. The number of carbonyl (C=O) groups excluding carboxylic acids is 1. The molecule has 0 spiro atoms. The zero-order valence-electron chi connectivity index (χ0n) is 9.93. The zero-order valence-corrected chi connectivity index (χ0v) is 10.8. The van der Waals surface area contributed by atoms with E-state index >= 15 is 0 Å². The Hall–Kier alpha value is -1.14. The van der Waals surface area contributed by atoms with Crippen molar-refractivity contribution in [2.24, 2.45) is 5.92 Å². The van der Waals surface area contributed by atoms with Crippen LogP contribution in [0.3, 0.4) is 0 Å². The molecule has 0 radical (unpaired) electrons. The summed E-state index contributed by atoms with van der Waals surface area (Å²) in [5.74, 6) is 0.118. The molecule has 0 amide bonds. The molecule has 1 N–H and O–H groups in total. The summed E-state index contributed by atoms with van der Waals surface area (Å²) in [5, 5.41) is 5.69. The molecule has 0 saturated carbocycles. The number of rotatable bonds is 4. The molecular weight excluding hydrogens is 240 g/mol. The van der Waals surface area contributed by atoms with Crippen molar-refractivity contribution in [3.05, 3.63) is 11.1 Å². The molecule has 17 heavy (non-hydrogen) atoms. The van der Waals surface area contributed by atoms with E-state index in [1.165, 1.54) is 18.4 Å². The Morgan fingerprint density at radius 3 is 3.24 bits per heavy atom. The van der Waals surface area contributed by atoms with Crippen molar-refractivity contribution in [2.45, 2.75) is 19.4 Å². The topological polar surface area (TPSA) is 60.5 Å². The molecule has 2 rings (SSSR count). The Kier molecular flexibility index (Phi) is 3.96. The molecule has 0 aliphatic carbocycles. The lowest BCUT2D eigenvalue weighted by Gasteiger charge is -2.13. The molecule has 5 nitrogen and oxygen atoms in total. The first-order chi connectivity index (χ1) is 8.20. The highest BCUT2D eigenvalue weighted by molar-refractivity contribution is 7.13. The van der Waals surface area contributed by atoms with Crippen LogP contribution in [0.25, 0.3) is 0 Å². The van der Waals surface area contributed by atoms with Gasteiger partial charge in [-0.05, 0) is 13.3 Å². The van der Waals surface area contributed by atoms with E-state index in [4.69, 9.17) is 4.74 Å². The summed E-state index contributed by atoms with van der Waals surface area (Å²) in [6, 6.07) is 0. The third kappa shape index (κ3) is 2.95. The maximum atomic E-state index is 11.2. The van der Waals surface area contributed by atoms with E-state index in [2.05, 4.69) is 22.0 Å². The van der Waals surface area contributed by atoms with Crippen LogP contribution in [0.4, 0.5) is 5.13 Å². The van der Waals surface area contributed by atoms with E-state index in [1.807, 2.05) is 0 Å². The summed E-state index contributed by atoms with van der Waals surface area (Å²) in [5.41, 5.74) is 0.357. The van der Waals surface area contributed by atoms with Crippen LogP contribution in [-0.2, 0) is 9.47 Å². The molecule has 1 aromatic heterocycles. The fourth-order valence-corrected chi connectivity index (χ4v) is 2.51. The van der Waals surface area contributed by atoms with Crippen LogP contribution in [-0.4, -0.2) is 37.3 Å². The number of aromatic nitrogens is 1. The first-order valence-corrected chi connectivity index (χ1v) is 6.48. The van der Waals surface area contributed by atoms with Gasteiger partial charge in [-0.25, -0.2) is 9.78 Å². The fraction of sp³-hybridized carbons (Fsp3) is 0.636. The average Bonchev–Trinajstić information content (AvgIpc) is 2.94. The fourth-order valence-electron chi connectivity index (χ4n) is 1.82. The van der Waals surface area contributed by atoms with E-state index in [-0.39, 0.29) is 0 Å². The highest BCUT2D eigenvalue weighted by Gasteiger charge is 2.24. The maximum Gasteiger partial charge on any atom is 0.357 e. The van der Waals surface area contributed by atoms with Gasteiger partial charge >= 0.3 is 5.97 Å². The second-order valence-electron chi connectivity index (χ2n) is 4.04. The smallest absolute Gasteiger partial charge is 0.357 e. The number of thiazole rings is 1. The third-order valence-corrected chi connectivity index (χ3v) is 3.75. The highest BCUT2D eigenvalue weighted by atomic mass is 32.1. The van der Waals surface area contributed by atoms with E-state index in [0.29, 0.717) is 17.7 Å². The number of carbonyl (C=O) groups is 1. The number of anilines is 1. The number of ether oxygens (including phenoxy) is 2. The van der Waals surface area contributed by atoms with E-state index in [1.54, 1.807) is 5.38 Å². The minimum Gasteiger partial charge on any atom is -0.464 e. The predicted octanol–water partition coefficient (Wildman–Crippen LogP) is 1.77. The van der Waals surface area contributed by atoms with Crippen LogP contribution in [0, 0.1) is 5.92 Å². The summed E-state index contributed by atoms with van der Waals surface area (Å²) in [7, 11) is 1.35. The van der Waals surface area contributed by atoms with Crippen LogP contribution in [0.5, 0.6) is 0 Å². The number of nitrogens with one attached hydrogen (secondary N) is 1. The zero-order chi connectivity index (χ0) is 12.3. The van der Waals surface area contributed by atoms with Crippen LogP contribution < -0.4 is 5.32 Å². The van der Waals surface area contributed by atoms with Crippen molar-refractivity contribution in [3.63, 3.8) is 0 Å². The second-order valence-corrected chi connectivity index (χ2v) is 4.89. The quantitative estimate of drug-likeness (QED) is 0.832. The molecule has 1 saturated heterocycles. The number of hydrogen-bond acceptors (Lipinski definition) is 6. The number of nitrogens with zero attached hydrogens (tertiary/aromatic N) is 1. The van der Waals surface area contributed by atoms with Crippen molar-refractivity contribution in [1.29, 1.82) is 0 Å². The summed E-state index contributed by atoms with van der Waals surface area (Å²) in [4.78, 5) is 15.4. The molecule has 94 valence electrons. The molecule has 1 aliphatic heterocycles. The summed E-state index contributed by atoms with van der Waals surface area (Å²) in [6.07, 6.45) is 1.37. The molecule has 2 atom stereocenters. The minimum absolute atomic E-state index is 0.294. The first-order valence-electron chi connectivity index (χ1n) is 5.60. The SMILES string of the molecule is COC(=O)c1csc(NCC2CCOC2C)n1. The van der Waals surface area contributed by atoms with Crippen molar-refractivity contribution in [2.75, 3.05) is 25.6 Å². The normalized spacial score (nSPS) is 23.6. The lowest BCUT2D eigenvalue weighted by Crippen LogP contribution is -2.20. The Labute approximate surface area is 104 Å². The monoisotopic (exact) mass is 256 g/mol. The van der Waals surface area contributed by atoms with E-state index in [9.17, 15) is 4.79 Å². The largest absolute Gasteiger partial charge is 0.464 e. The minimum atomic E-state index is -0.396. The van der Waals surface area contributed by atoms with Gasteiger partial charge in [0.25, 0.3) is 0 Å². The Morgan fingerprint density at radius 2 is 2.59 bits per heavy atom. The number of hydrogen-bond donors (Lipinski definition) is 1. The predicted molar refractivity (Wildman–Crippen MR) is 65.5 cm³/mol. The molecule has 1 fully saturated rings. The van der Waals surface area contributed by atoms with Gasteiger partial charge in [0.05, 0.1) is 13.2 Å². The van der Waals surface area contributed by atoms with Crippen LogP contribution in [0.15, 0.2) is 5.38 Å². The van der Waals surface area contributed by atoms with Crippen LogP contribution in [0.1, 0.15) is 23.8 Å². The summed E-state index contributed by atoms with van der Waals surface area (Å²) < 4.78 is 10.1. The first kappa shape index (κ1) is 12.3. The van der Waals surface area contributed by atoms with Gasteiger partial charge in [0.1, 0.15) is 0 Å². The average molecular weight is 256 g/mol. The van der Waals surface area contributed by atoms with Crippen molar-refractivity contribution in [1.82, 2.24) is 4.98 Å². The van der Waals surface area contributed by atoms with Gasteiger partial charge in [0, 0.05) is 24.4 Å². The lowest BCUT2D eigenvalue weighted by atomic mass is 10.0. The summed E-state index contributed by atoms with van der Waals surface area (Å²) in [6.45, 7) is 3.75. The second kappa shape index (κ2) is 5.46. The molecule has 6 heteroatoms. The van der Waals surface area contributed by atoms with Gasteiger partial charge in [0.15, 0.2) is 10.8 Å². The van der Waals surface area contributed by atoms with Gasteiger partial charge in [-0.1, -0.05) is 0 Å². The van der Waals surface area contributed by atoms with Crippen LogP contribution in [0.2, 0.25) is 0 Å². The molecule has 1 aliphatic rings. The maximum absolute atomic E-state index is 11.2. The van der Waals surface area contributed by atoms with Gasteiger partial charge in [-0.2, -0.15) is 0 Å². The Balaban J connectivity index is 1.86. The third-order valence-electron chi connectivity index (χ3n) is 2.95.